The number of hydrogen-bond donors (Lipinski definition) is 3. The van der Waals surface area contributed by atoms with E-state index in [1.54, 1.807) is 6.92 Å². The molecule has 1 rings (SSSR count). The second kappa shape index (κ2) is 8.70. The highest BCUT2D eigenvalue weighted by molar-refractivity contribution is 5.79. The minimum atomic E-state index is -0.805. The average molecular weight is 293 g/mol. The van der Waals surface area contributed by atoms with Gasteiger partial charge in [0.1, 0.15) is 12.9 Å². The zero-order valence-electron chi connectivity index (χ0n) is 11.7. The van der Waals surface area contributed by atoms with Gasteiger partial charge < -0.3 is 14.8 Å². The van der Waals surface area contributed by atoms with E-state index in [0.29, 0.717) is 6.29 Å². The third-order valence-electron chi connectivity index (χ3n) is 2.88. The molecule has 0 aliphatic rings. The lowest BCUT2D eigenvalue weighted by atomic mass is 10.0. The summed E-state index contributed by atoms with van der Waals surface area (Å²) in [5.41, 5.74) is 2.83. The quantitative estimate of drug-likeness (QED) is 0.293. The van der Waals surface area contributed by atoms with Gasteiger partial charge in [-0.25, -0.2) is 10.6 Å². The third-order valence-corrected chi connectivity index (χ3v) is 2.88. The number of carbonyl (C=O) groups is 3. The van der Waals surface area contributed by atoms with Crippen LogP contribution in [-0.4, -0.2) is 24.3 Å². The van der Waals surface area contributed by atoms with Crippen LogP contribution in [0, 0.1) is 5.92 Å². The van der Waals surface area contributed by atoms with Gasteiger partial charge in [0.2, 0.25) is 5.91 Å². The number of rotatable bonds is 7. The van der Waals surface area contributed by atoms with Crippen molar-refractivity contribution in [3.8, 4) is 0 Å². The predicted octanol–water partition coefficient (Wildman–Crippen LogP) is 0.496. The monoisotopic (exact) mass is 293 g/mol. The van der Waals surface area contributed by atoms with Gasteiger partial charge in [-0.1, -0.05) is 37.3 Å². The van der Waals surface area contributed by atoms with Gasteiger partial charge in [-0.3, -0.25) is 10.2 Å². The maximum Gasteiger partial charge on any atom is 0.408 e. The molecular weight excluding hydrogens is 274 g/mol. The summed E-state index contributed by atoms with van der Waals surface area (Å²) in [7, 11) is 0. The number of alkyl carbamates (subject to hydrolysis) is 1. The summed E-state index contributed by atoms with van der Waals surface area (Å²) in [5.74, 6) is 4.10. The molecule has 0 spiro atoms. The van der Waals surface area contributed by atoms with E-state index in [2.05, 4.69) is 5.32 Å². The van der Waals surface area contributed by atoms with E-state index in [4.69, 9.17) is 10.6 Å². The third kappa shape index (κ3) is 6.05. The molecule has 114 valence electrons. The second-order valence-electron chi connectivity index (χ2n) is 4.59. The van der Waals surface area contributed by atoms with Crippen molar-refractivity contribution >= 4 is 18.3 Å². The lowest BCUT2D eigenvalue weighted by Crippen LogP contribution is -2.41. The van der Waals surface area contributed by atoms with Gasteiger partial charge >= 0.3 is 6.09 Å². The molecule has 0 radical (unpaired) electrons. The molecular formula is C14H19N3O4. The molecule has 1 aromatic rings. The molecule has 2 amide bonds. The van der Waals surface area contributed by atoms with E-state index in [1.165, 1.54) is 0 Å². The fourth-order valence-electron chi connectivity index (χ4n) is 1.69. The van der Waals surface area contributed by atoms with Gasteiger partial charge in [0.15, 0.2) is 0 Å². The van der Waals surface area contributed by atoms with Crippen LogP contribution in [0.1, 0.15) is 18.9 Å². The van der Waals surface area contributed by atoms with E-state index in [1.807, 2.05) is 35.8 Å². The maximum absolute atomic E-state index is 11.6. The Morgan fingerprint density at radius 3 is 2.57 bits per heavy atom. The van der Waals surface area contributed by atoms with Crippen LogP contribution in [0.5, 0.6) is 0 Å². The Kier molecular flexibility index (Phi) is 6.90. The van der Waals surface area contributed by atoms with Crippen molar-refractivity contribution in [2.75, 3.05) is 0 Å². The summed E-state index contributed by atoms with van der Waals surface area (Å²) in [6, 6.07) is 8.35. The Hall–Kier alpha value is -2.41. The number of carbonyl (C=O) groups excluding carboxylic acids is 3. The standard InChI is InChI=1S/C14H19N3O4/c1-10(13(19)17-15)7-12(8-18)16-14(20)21-9-11-5-3-2-4-6-11/h2-6,8,10,12H,7,9,15H2,1H3,(H,16,20)(H,17,19)/t10?,12-/m0/s1. The fourth-order valence-corrected chi connectivity index (χ4v) is 1.69. The summed E-state index contributed by atoms with van der Waals surface area (Å²) in [6.07, 6.45) is -0.00635. The fraction of sp³-hybridized carbons (Fsp3) is 0.357. The Bertz CT molecular complexity index is 478. The largest absolute Gasteiger partial charge is 0.445 e. The summed E-state index contributed by atoms with van der Waals surface area (Å²) in [5, 5.41) is 2.40. The first-order valence-corrected chi connectivity index (χ1v) is 6.49. The zero-order valence-corrected chi connectivity index (χ0v) is 11.7. The first-order chi connectivity index (χ1) is 10.1. The zero-order chi connectivity index (χ0) is 15.7. The molecule has 4 N–H and O–H groups in total. The van der Waals surface area contributed by atoms with Crippen molar-refractivity contribution in [3.63, 3.8) is 0 Å². The van der Waals surface area contributed by atoms with E-state index in [-0.39, 0.29) is 13.0 Å². The summed E-state index contributed by atoms with van der Waals surface area (Å²) < 4.78 is 4.99. The predicted molar refractivity (Wildman–Crippen MR) is 75.7 cm³/mol. The topological polar surface area (TPSA) is 111 Å². The van der Waals surface area contributed by atoms with Gasteiger partial charge in [0, 0.05) is 5.92 Å². The van der Waals surface area contributed by atoms with E-state index < -0.39 is 24.0 Å². The van der Waals surface area contributed by atoms with Crippen molar-refractivity contribution in [2.24, 2.45) is 11.8 Å². The minimum Gasteiger partial charge on any atom is -0.445 e. The molecule has 0 saturated carbocycles. The van der Waals surface area contributed by atoms with Gasteiger partial charge in [-0.2, -0.15) is 0 Å². The average Bonchev–Trinajstić information content (AvgIpc) is 2.52. The van der Waals surface area contributed by atoms with Crippen molar-refractivity contribution in [1.82, 2.24) is 10.7 Å². The SMILES string of the molecule is CC(C[C@@H](C=O)NC(=O)OCc1ccccc1)C(=O)NN. The lowest BCUT2D eigenvalue weighted by molar-refractivity contribution is -0.125. The van der Waals surface area contributed by atoms with Crippen LogP contribution in [-0.2, 0) is 20.9 Å². The van der Waals surface area contributed by atoms with E-state index in [0.717, 1.165) is 5.56 Å². The highest BCUT2D eigenvalue weighted by Gasteiger charge is 2.20. The Balaban J connectivity index is 2.40. The van der Waals surface area contributed by atoms with Gasteiger partial charge in [-0.15, -0.1) is 0 Å². The Morgan fingerprint density at radius 2 is 2.00 bits per heavy atom. The van der Waals surface area contributed by atoms with E-state index in [9.17, 15) is 14.4 Å². The first kappa shape index (κ1) is 16.6. The number of benzene rings is 1. The molecule has 0 aliphatic heterocycles. The minimum absolute atomic E-state index is 0.108. The lowest BCUT2D eigenvalue weighted by Gasteiger charge is -2.16. The van der Waals surface area contributed by atoms with Crippen molar-refractivity contribution < 1.29 is 19.1 Å². The highest BCUT2D eigenvalue weighted by atomic mass is 16.5. The molecule has 0 fully saturated rings. The van der Waals surface area contributed by atoms with Crippen LogP contribution in [0.3, 0.4) is 0 Å². The normalized spacial score (nSPS) is 12.9. The van der Waals surface area contributed by atoms with Gasteiger partial charge in [-0.05, 0) is 12.0 Å². The number of hydrazine groups is 1. The van der Waals surface area contributed by atoms with Crippen LogP contribution in [0.4, 0.5) is 4.79 Å². The number of hydrogen-bond acceptors (Lipinski definition) is 5. The van der Waals surface area contributed by atoms with Crippen LogP contribution >= 0.6 is 0 Å². The molecule has 2 atom stereocenters. The Morgan fingerprint density at radius 1 is 1.33 bits per heavy atom. The maximum atomic E-state index is 11.6. The highest BCUT2D eigenvalue weighted by Crippen LogP contribution is 2.06. The molecule has 1 unspecified atom stereocenters. The van der Waals surface area contributed by atoms with Crippen LogP contribution in [0.2, 0.25) is 0 Å². The van der Waals surface area contributed by atoms with Crippen LogP contribution < -0.4 is 16.6 Å². The molecule has 0 saturated heterocycles. The molecule has 0 aliphatic carbocycles. The summed E-state index contributed by atoms with van der Waals surface area (Å²) in [4.78, 5) is 33.8. The molecule has 0 aromatic heterocycles. The summed E-state index contributed by atoms with van der Waals surface area (Å²) in [6.45, 7) is 1.72. The number of aldehydes is 1. The first-order valence-electron chi connectivity index (χ1n) is 6.49. The number of amides is 2. The molecule has 21 heavy (non-hydrogen) atoms. The van der Waals surface area contributed by atoms with Gasteiger partial charge in [0.25, 0.3) is 0 Å². The van der Waals surface area contributed by atoms with E-state index >= 15 is 0 Å². The summed E-state index contributed by atoms with van der Waals surface area (Å²) >= 11 is 0. The molecule has 0 heterocycles. The smallest absolute Gasteiger partial charge is 0.408 e. The number of ether oxygens (including phenoxy) is 1. The molecule has 1 aromatic carbocycles. The van der Waals surface area contributed by atoms with Crippen molar-refractivity contribution in [1.29, 1.82) is 0 Å². The van der Waals surface area contributed by atoms with Crippen molar-refractivity contribution in [2.45, 2.75) is 26.0 Å². The number of nitrogens with one attached hydrogen (secondary N) is 2. The van der Waals surface area contributed by atoms with Crippen molar-refractivity contribution in [3.05, 3.63) is 35.9 Å². The number of nitrogens with two attached hydrogens (primary N) is 1. The molecule has 7 heteroatoms. The van der Waals surface area contributed by atoms with Gasteiger partial charge in [0.05, 0.1) is 6.04 Å². The second-order valence-corrected chi connectivity index (χ2v) is 4.59. The molecule has 0 bridgehead atoms. The van der Waals surface area contributed by atoms with Crippen LogP contribution in [0.15, 0.2) is 30.3 Å². The van der Waals surface area contributed by atoms with Crippen LogP contribution in [0.25, 0.3) is 0 Å². The Labute approximate surface area is 122 Å². The molecule has 7 nitrogen and oxygen atoms in total.